The Morgan fingerprint density at radius 3 is 1.66 bits per heavy atom. The van der Waals surface area contributed by atoms with E-state index in [-0.39, 0.29) is 0 Å². The predicted molar refractivity (Wildman–Crippen MR) is 279 cm³/mol. The predicted octanol–water partition coefficient (Wildman–Crippen LogP) is 16.4. The zero-order valence-corrected chi connectivity index (χ0v) is 36.9. The molecule has 0 bridgehead atoms. The van der Waals surface area contributed by atoms with Gasteiger partial charge in [0.2, 0.25) is 0 Å². The normalized spacial score (nSPS) is 13.2. The lowest BCUT2D eigenvalue weighted by Gasteiger charge is -2.30. The summed E-state index contributed by atoms with van der Waals surface area (Å²) in [6.07, 6.45) is 0. The molecule has 0 aliphatic heterocycles. The summed E-state index contributed by atoms with van der Waals surface area (Å²) in [6, 6.07) is 82.4. The number of aromatic nitrogens is 3. The second-order valence-electron chi connectivity index (χ2n) is 18.0. The van der Waals surface area contributed by atoms with Gasteiger partial charge < -0.3 is 4.57 Å². The molecule has 2 aliphatic rings. The van der Waals surface area contributed by atoms with E-state index >= 15 is 0 Å². The molecule has 3 nitrogen and oxygen atoms in total. The first-order valence-corrected chi connectivity index (χ1v) is 23.8. The summed E-state index contributed by atoms with van der Waals surface area (Å²) in [5.41, 5.74) is 19.8. The Labute approximate surface area is 390 Å². The van der Waals surface area contributed by atoms with Gasteiger partial charge in [-0.2, -0.15) is 0 Å². The van der Waals surface area contributed by atoms with Crippen LogP contribution in [0.1, 0.15) is 22.3 Å². The first-order chi connectivity index (χ1) is 33.2. The van der Waals surface area contributed by atoms with Gasteiger partial charge in [-0.3, -0.25) is 0 Å². The topological polar surface area (TPSA) is 30.7 Å². The Hall–Kier alpha value is -8.44. The van der Waals surface area contributed by atoms with Gasteiger partial charge in [-0.1, -0.05) is 164 Å². The van der Waals surface area contributed by atoms with Gasteiger partial charge in [-0.15, -0.1) is 11.3 Å². The highest BCUT2D eigenvalue weighted by Gasteiger charge is 2.52. The summed E-state index contributed by atoms with van der Waals surface area (Å²) >= 11 is 1.85. The molecule has 0 N–H and O–H groups in total. The maximum Gasteiger partial charge on any atom is 0.161 e. The highest BCUT2D eigenvalue weighted by molar-refractivity contribution is 7.25. The molecule has 10 aromatic carbocycles. The lowest BCUT2D eigenvalue weighted by molar-refractivity contribution is 0.794. The van der Waals surface area contributed by atoms with Crippen LogP contribution in [-0.4, -0.2) is 14.5 Å². The number of thiophene rings is 1. The fourth-order valence-electron chi connectivity index (χ4n) is 11.9. The van der Waals surface area contributed by atoms with Crippen molar-refractivity contribution in [1.82, 2.24) is 14.5 Å². The zero-order chi connectivity index (χ0) is 43.8. The lowest BCUT2D eigenvalue weighted by atomic mass is 9.70. The zero-order valence-electron chi connectivity index (χ0n) is 36.1. The van der Waals surface area contributed by atoms with Crippen LogP contribution in [0.2, 0.25) is 0 Å². The number of benzene rings is 10. The van der Waals surface area contributed by atoms with Crippen molar-refractivity contribution in [2.75, 3.05) is 0 Å². The molecular formula is C63H37N3S. The van der Waals surface area contributed by atoms with Crippen LogP contribution in [0.15, 0.2) is 224 Å². The van der Waals surface area contributed by atoms with Crippen molar-refractivity contribution in [3.8, 4) is 61.7 Å². The third-order valence-electron chi connectivity index (χ3n) is 14.6. The average molecular weight is 868 g/mol. The highest BCUT2D eigenvalue weighted by Crippen LogP contribution is 2.64. The number of hydrogen-bond donors (Lipinski definition) is 0. The lowest BCUT2D eigenvalue weighted by Crippen LogP contribution is -2.25. The Morgan fingerprint density at radius 1 is 0.358 bits per heavy atom. The van der Waals surface area contributed by atoms with E-state index in [9.17, 15) is 0 Å². The van der Waals surface area contributed by atoms with Crippen LogP contribution in [0.3, 0.4) is 0 Å². The Morgan fingerprint density at radius 2 is 0.896 bits per heavy atom. The number of rotatable bonds is 4. The van der Waals surface area contributed by atoms with Gasteiger partial charge in [0.25, 0.3) is 0 Å². The molecule has 2 aliphatic carbocycles. The van der Waals surface area contributed by atoms with Gasteiger partial charge in [0.05, 0.1) is 27.7 Å². The van der Waals surface area contributed by atoms with Crippen LogP contribution in [-0.2, 0) is 5.41 Å². The van der Waals surface area contributed by atoms with Crippen molar-refractivity contribution in [3.05, 3.63) is 247 Å². The third-order valence-corrected chi connectivity index (χ3v) is 15.8. The van der Waals surface area contributed by atoms with Crippen LogP contribution < -0.4 is 0 Å². The Balaban J connectivity index is 0.897. The van der Waals surface area contributed by atoms with Gasteiger partial charge >= 0.3 is 0 Å². The monoisotopic (exact) mass is 867 g/mol. The smallest absolute Gasteiger partial charge is 0.161 e. The number of nitrogens with zero attached hydrogens (tertiary/aromatic N) is 3. The van der Waals surface area contributed by atoms with Crippen molar-refractivity contribution < 1.29 is 0 Å². The third kappa shape index (κ3) is 5.05. The Bertz CT molecular complexity index is 4190. The van der Waals surface area contributed by atoms with E-state index in [2.05, 4.69) is 229 Å². The van der Waals surface area contributed by atoms with E-state index in [0.29, 0.717) is 0 Å². The van der Waals surface area contributed by atoms with Crippen LogP contribution in [0.5, 0.6) is 0 Å². The van der Waals surface area contributed by atoms with E-state index in [1.165, 1.54) is 103 Å². The maximum atomic E-state index is 5.60. The summed E-state index contributed by atoms with van der Waals surface area (Å²) in [5.74, 6) is 0.735. The molecule has 0 amide bonds. The van der Waals surface area contributed by atoms with Crippen LogP contribution in [0.25, 0.3) is 115 Å². The van der Waals surface area contributed by atoms with Crippen LogP contribution >= 0.6 is 11.3 Å². The molecule has 0 saturated heterocycles. The SMILES string of the molecule is c1ccc(-n2c3ccccc3c3cc(-c4ccc5sc6ccc(-c7nc(-c8cccc9c8-c8ccccc8C98c9ccccc9-c9ccccc98)nc8ccccc78)cc6c5c4)ccc32)cc1. The molecule has 15 rings (SSSR count). The molecule has 13 aromatic rings. The molecule has 0 atom stereocenters. The summed E-state index contributed by atoms with van der Waals surface area (Å²) in [5, 5.41) is 6.04. The van der Waals surface area contributed by atoms with Gasteiger partial charge in [0.15, 0.2) is 5.82 Å². The fourth-order valence-corrected chi connectivity index (χ4v) is 12.9. The van der Waals surface area contributed by atoms with E-state index in [0.717, 1.165) is 33.5 Å². The quantitative estimate of drug-likeness (QED) is 0.176. The van der Waals surface area contributed by atoms with Crippen molar-refractivity contribution in [2.24, 2.45) is 0 Å². The van der Waals surface area contributed by atoms with Crippen molar-refractivity contribution in [1.29, 1.82) is 0 Å². The minimum atomic E-state index is -0.439. The van der Waals surface area contributed by atoms with E-state index in [1.54, 1.807) is 0 Å². The van der Waals surface area contributed by atoms with Crippen molar-refractivity contribution in [3.63, 3.8) is 0 Å². The second-order valence-corrected chi connectivity index (χ2v) is 19.1. The van der Waals surface area contributed by atoms with Gasteiger partial charge in [0.1, 0.15) is 0 Å². The van der Waals surface area contributed by atoms with E-state index < -0.39 is 5.41 Å². The van der Waals surface area contributed by atoms with E-state index in [4.69, 9.17) is 9.97 Å². The minimum absolute atomic E-state index is 0.439. The molecule has 1 spiro atoms. The second kappa shape index (κ2) is 13.8. The summed E-state index contributed by atoms with van der Waals surface area (Å²) in [4.78, 5) is 11.0. The van der Waals surface area contributed by atoms with Crippen LogP contribution in [0, 0.1) is 0 Å². The van der Waals surface area contributed by atoms with Crippen LogP contribution in [0.4, 0.5) is 0 Å². The molecule has 4 heteroatoms. The van der Waals surface area contributed by atoms with E-state index in [1.807, 2.05) is 11.3 Å². The summed E-state index contributed by atoms with van der Waals surface area (Å²) in [7, 11) is 0. The minimum Gasteiger partial charge on any atom is -0.309 e. The van der Waals surface area contributed by atoms with Gasteiger partial charge in [0, 0.05) is 53.1 Å². The molecule has 0 radical (unpaired) electrons. The standard InChI is InChI=1S/C63H37N3S/c1-2-15-41(16-3-1)66-56-28-13-8-19-44(56)48-35-38(29-32-57(48)66)39-30-33-58-49(36-39)50-37-40(31-34-59(50)67-58)61-46-21-7-12-27-55(46)64-62(65-61)47-22-14-26-54-60(47)45-20-6-11-25-53(45)63(54)51-23-9-4-17-42(51)43-18-5-10-24-52(43)63/h1-37H. The highest BCUT2D eigenvalue weighted by atomic mass is 32.1. The number of para-hydroxylation sites is 3. The van der Waals surface area contributed by atoms with Crippen molar-refractivity contribution in [2.45, 2.75) is 5.41 Å². The largest absolute Gasteiger partial charge is 0.309 e. The molecule has 0 saturated carbocycles. The van der Waals surface area contributed by atoms with Gasteiger partial charge in [-0.05, 0) is 116 Å². The number of fused-ring (bicyclic) bond motifs is 17. The van der Waals surface area contributed by atoms with Crippen molar-refractivity contribution >= 4 is 64.2 Å². The Kier molecular flexibility index (Phi) is 7.58. The molecule has 0 fully saturated rings. The first-order valence-electron chi connectivity index (χ1n) is 23.0. The average Bonchev–Trinajstić information content (AvgIpc) is 4.12. The molecular weight excluding hydrogens is 831 g/mol. The molecule has 67 heavy (non-hydrogen) atoms. The maximum absolute atomic E-state index is 5.60. The number of hydrogen-bond acceptors (Lipinski definition) is 3. The first kappa shape index (κ1) is 36.9. The molecule has 3 heterocycles. The molecule has 0 unspecified atom stereocenters. The van der Waals surface area contributed by atoms with Gasteiger partial charge in [-0.25, -0.2) is 9.97 Å². The fraction of sp³-hybridized carbons (Fsp3) is 0.0159. The summed E-state index contributed by atoms with van der Waals surface area (Å²) < 4.78 is 4.91. The molecule has 310 valence electrons. The molecule has 3 aromatic heterocycles. The summed E-state index contributed by atoms with van der Waals surface area (Å²) in [6.45, 7) is 0.